The molecule has 3 rings (SSSR count). The summed E-state index contributed by atoms with van der Waals surface area (Å²) in [5, 5.41) is 9.96. The quantitative estimate of drug-likeness (QED) is 0.550. The van der Waals surface area contributed by atoms with E-state index < -0.39 is 16.0 Å². The summed E-state index contributed by atoms with van der Waals surface area (Å²) in [6, 6.07) is 15.9. The van der Waals surface area contributed by atoms with E-state index in [0.29, 0.717) is 13.0 Å². The molecule has 3 aromatic rings. The number of benzene rings is 2. The predicted molar refractivity (Wildman–Crippen MR) is 107 cm³/mol. The molecule has 0 saturated heterocycles. The van der Waals surface area contributed by atoms with Crippen molar-refractivity contribution in [1.29, 1.82) is 0 Å². The Morgan fingerprint density at radius 2 is 1.74 bits per heavy atom. The van der Waals surface area contributed by atoms with Crippen molar-refractivity contribution in [2.24, 2.45) is 0 Å². The number of aromatic nitrogens is 1. The summed E-state index contributed by atoms with van der Waals surface area (Å²) >= 11 is 3.56. The summed E-state index contributed by atoms with van der Waals surface area (Å²) in [5.41, 5.74) is 1.87. The zero-order valence-corrected chi connectivity index (χ0v) is 16.8. The van der Waals surface area contributed by atoms with E-state index in [1.165, 1.54) is 0 Å². The fraction of sp³-hybridized carbons (Fsp3) is 0.211. The van der Waals surface area contributed by atoms with Gasteiger partial charge in [-0.15, -0.1) is 0 Å². The minimum Gasteiger partial charge on any atom is -0.481 e. The molecule has 0 bridgehead atoms. The molecule has 1 aromatic heterocycles. The molecule has 0 spiro atoms. The maximum absolute atomic E-state index is 12.4. The lowest BCUT2D eigenvalue weighted by molar-refractivity contribution is -0.137. The van der Waals surface area contributed by atoms with Crippen LogP contribution in [-0.4, -0.2) is 30.6 Å². The summed E-state index contributed by atoms with van der Waals surface area (Å²) in [7, 11) is -3.56. The zero-order valence-electron chi connectivity index (χ0n) is 14.4. The number of nitrogens with one attached hydrogen (secondary N) is 1. The first-order chi connectivity index (χ1) is 12.9. The molecule has 6 nitrogen and oxygen atoms in total. The number of para-hydroxylation sites is 1. The van der Waals surface area contributed by atoms with Gasteiger partial charge in [0.1, 0.15) is 0 Å². The van der Waals surface area contributed by atoms with Gasteiger partial charge in [0.2, 0.25) is 10.0 Å². The SMILES string of the molecule is O=C(O)CCn1c(Br)c(CCNS(=O)(=O)c2ccccc2)c2ccccc21. The maximum atomic E-state index is 12.4. The minimum absolute atomic E-state index is 0.0113. The van der Waals surface area contributed by atoms with Crippen molar-refractivity contribution in [2.45, 2.75) is 24.3 Å². The lowest BCUT2D eigenvalue weighted by Crippen LogP contribution is -2.26. The Bertz CT molecular complexity index is 1060. The third kappa shape index (κ3) is 4.40. The number of hydrogen-bond donors (Lipinski definition) is 2. The Hall–Kier alpha value is -2.16. The van der Waals surface area contributed by atoms with Crippen molar-refractivity contribution in [3.8, 4) is 0 Å². The number of nitrogens with zero attached hydrogens (tertiary/aromatic N) is 1. The highest BCUT2D eigenvalue weighted by Crippen LogP contribution is 2.31. The van der Waals surface area contributed by atoms with Crippen LogP contribution in [0.15, 0.2) is 64.1 Å². The van der Waals surface area contributed by atoms with Crippen LogP contribution in [0.5, 0.6) is 0 Å². The van der Waals surface area contributed by atoms with Gasteiger partial charge in [0, 0.05) is 24.0 Å². The molecule has 2 aromatic carbocycles. The van der Waals surface area contributed by atoms with Gasteiger partial charge in [-0.2, -0.15) is 0 Å². The Morgan fingerprint density at radius 3 is 2.44 bits per heavy atom. The number of halogens is 1. The molecule has 27 heavy (non-hydrogen) atoms. The number of fused-ring (bicyclic) bond motifs is 1. The van der Waals surface area contributed by atoms with Crippen molar-refractivity contribution < 1.29 is 18.3 Å². The van der Waals surface area contributed by atoms with Crippen LogP contribution in [0.1, 0.15) is 12.0 Å². The molecule has 0 aliphatic heterocycles. The molecule has 0 fully saturated rings. The predicted octanol–water partition coefficient (Wildman–Crippen LogP) is 3.40. The Morgan fingerprint density at radius 1 is 1.07 bits per heavy atom. The molecule has 0 aliphatic rings. The first-order valence-electron chi connectivity index (χ1n) is 8.42. The lowest BCUT2D eigenvalue weighted by atomic mass is 10.1. The van der Waals surface area contributed by atoms with Crippen molar-refractivity contribution in [3.05, 3.63) is 64.8 Å². The van der Waals surface area contributed by atoms with Gasteiger partial charge in [-0.05, 0) is 46.1 Å². The van der Waals surface area contributed by atoms with Gasteiger partial charge in [0.25, 0.3) is 0 Å². The van der Waals surface area contributed by atoms with Gasteiger partial charge in [-0.25, -0.2) is 13.1 Å². The summed E-state index contributed by atoms with van der Waals surface area (Å²) in [6.45, 7) is 0.578. The number of aliphatic carboxylic acids is 1. The molecule has 8 heteroatoms. The van der Waals surface area contributed by atoms with E-state index in [4.69, 9.17) is 5.11 Å². The van der Waals surface area contributed by atoms with E-state index in [1.807, 2.05) is 28.8 Å². The van der Waals surface area contributed by atoms with Crippen LogP contribution in [0.2, 0.25) is 0 Å². The first-order valence-corrected chi connectivity index (χ1v) is 10.7. The molecule has 0 saturated carbocycles. The Balaban J connectivity index is 1.81. The minimum atomic E-state index is -3.56. The van der Waals surface area contributed by atoms with Crippen molar-refractivity contribution in [3.63, 3.8) is 0 Å². The van der Waals surface area contributed by atoms with E-state index in [0.717, 1.165) is 21.1 Å². The van der Waals surface area contributed by atoms with E-state index in [1.54, 1.807) is 30.3 Å². The van der Waals surface area contributed by atoms with Crippen LogP contribution in [0.3, 0.4) is 0 Å². The van der Waals surface area contributed by atoms with Gasteiger partial charge in [-0.1, -0.05) is 36.4 Å². The van der Waals surface area contributed by atoms with Gasteiger partial charge < -0.3 is 9.67 Å². The van der Waals surface area contributed by atoms with Crippen molar-refractivity contribution in [2.75, 3.05) is 6.54 Å². The third-order valence-corrected chi connectivity index (χ3v) is 6.66. The second-order valence-corrected chi connectivity index (χ2v) is 8.56. The number of carbonyl (C=O) groups is 1. The van der Waals surface area contributed by atoms with E-state index in [2.05, 4.69) is 20.7 Å². The van der Waals surface area contributed by atoms with E-state index in [9.17, 15) is 13.2 Å². The van der Waals surface area contributed by atoms with Gasteiger partial charge >= 0.3 is 5.97 Å². The van der Waals surface area contributed by atoms with Crippen LogP contribution >= 0.6 is 15.9 Å². The monoisotopic (exact) mass is 450 g/mol. The average Bonchev–Trinajstić information content (AvgIpc) is 2.92. The molecule has 0 unspecified atom stereocenters. The number of hydrogen-bond acceptors (Lipinski definition) is 3. The van der Waals surface area contributed by atoms with Crippen LogP contribution in [0.25, 0.3) is 10.9 Å². The highest BCUT2D eigenvalue weighted by atomic mass is 79.9. The van der Waals surface area contributed by atoms with Crippen LogP contribution in [-0.2, 0) is 27.8 Å². The molecule has 142 valence electrons. The highest BCUT2D eigenvalue weighted by Gasteiger charge is 2.17. The van der Waals surface area contributed by atoms with E-state index in [-0.39, 0.29) is 17.9 Å². The summed E-state index contributed by atoms with van der Waals surface area (Å²) < 4.78 is 30.0. The third-order valence-electron chi connectivity index (χ3n) is 4.28. The summed E-state index contributed by atoms with van der Waals surface area (Å²) in [5.74, 6) is -0.864. The normalized spacial score (nSPS) is 11.7. The Kier molecular flexibility index (Phi) is 5.98. The molecule has 1 heterocycles. The van der Waals surface area contributed by atoms with Crippen LogP contribution in [0.4, 0.5) is 0 Å². The second-order valence-electron chi connectivity index (χ2n) is 6.04. The first kappa shape index (κ1) is 19.6. The van der Waals surface area contributed by atoms with E-state index >= 15 is 0 Å². The molecule has 0 radical (unpaired) electrons. The van der Waals surface area contributed by atoms with Gasteiger partial charge in [0.15, 0.2) is 0 Å². The number of aryl methyl sites for hydroxylation is 1. The second kappa shape index (κ2) is 8.24. The maximum Gasteiger partial charge on any atom is 0.305 e. The smallest absolute Gasteiger partial charge is 0.305 e. The molecular weight excluding hydrogens is 432 g/mol. The fourth-order valence-corrected chi connectivity index (χ4v) is 4.83. The molecule has 0 aliphatic carbocycles. The number of rotatable bonds is 8. The van der Waals surface area contributed by atoms with Crippen molar-refractivity contribution >= 4 is 42.8 Å². The van der Waals surface area contributed by atoms with Gasteiger partial charge in [-0.3, -0.25) is 4.79 Å². The van der Waals surface area contributed by atoms with Crippen molar-refractivity contribution in [1.82, 2.24) is 9.29 Å². The standard InChI is InChI=1S/C19H19BrN2O4S/c20-19-16(10-12-21-27(25,26)14-6-2-1-3-7-14)15-8-4-5-9-17(15)22(19)13-11-18(23)24/h1-9,21H,10-13H2,(H,23,24). The number of carboxylic acid groups (broad SMARTS) is 1. The summed E-state index contributed by atoms with van der Waals surface area (Å²) in [4.78, 5) is 11.2. The van der Waals surface area contributed by atoms with Crippen LogP contribution < -0.4 is 4.72 Å². The highest BCUT2D eigenvalue weighted by molar-refractivity contribution is 9.10. The number of carboxylic acids is 1. The fourth-order valence-electron chi connectivity index (χ4n) is 3.00. The largest absolute Gasteiger partial charge is 0.481 e. The molecule has 0 amide bonds. The number of sulfonamides is 1. The van der Waals surface area contributed by atoms with Gasteiger partial charge in [0.05, 0.1) is 15.9 Å². The molecule has 0 atom stereocenters. The molecular formula is C19H19BrN2O4S. The lowest BCUT2D eigenvalue weighted by Gasteiger charge is -2.07. The van der Waals surface area contributed by atoms with Crippen LogP contribution in [0, 0.1) is 0 Å². The molecule has 2 N–H and O–H groups in total. The zero-order chi connectivity index (χ0) is 19.4. The summed E-state index contributed by atoms with van der Waals surface area (Å²) in [6.07, 6.45) is 0.491. The Labute approximate surface area is 166 Å². The average molecular weight is 451 g/mol. The topological polar surface area (TPSA) is 88.4 Å².